The number of nitrogens with one attached hydrogen (secondary N) is 1. The average molecular weight is 491 g/mol. The zero-order valence-corrected chi connectivity index (χ0v) is 19.1. The van der Waals surface area contributed by atoms with Crippen molar-refractivity contribution in [3.8, 4) is 5.75 Å². The van der Waals surface area contributed by atoms with Crippen LogP contribution in [-0.2, 0) is 12.0 Å². The van der Waals surface area contributed by atoms with E-state index in [0.717, 1.165) is 0 Å². The van der Waals surface area contributed by atoms with Gasteiger partial charge in [-0.25, -0.2) is 23.5 Å². The number of aromatic nitrogens is 3. The van der Waals surface area contributed by atoms with Crippen LogP contribution in [0.3, 0.4) is 0 Å². The fraction of sp³-hybridized carbons (Fsp3) is 0.391. The van der Waals surface area contributed by atoms with Gasteiger partial charge in [-0.05, 0) is 37.6 Å². The number of carboxylic acid groups (broad SMARTS) is 1. The van der Waals surface area contributed by atoms with Gasteiger partial charge in [-0.2, -0.15) is 0 Å². The van der Waals surface area contributed by atoms with Gasteiger partial charge >= 0.3 is 5.97 Å². The minimum absolute atomic E-state index is 0.0373. The maximum absolute atomic E-state index is 13.8. The van der Waals surface area contributed by atoms with Gasteiger partial charge in [0.2, 0.25) is 5.92 Å². The van der Waals surface area contributed by atoms with E-state index in [1.54, 1.807) is 19.1 Å². The molecule has 1 fully saturated rings. The highest BCUT2D eigenvalue weighted by molar-refractivity contribution is 6.29. The van der Waals surface area contributed by atoms with Crippen LogP contribution in [0.25, 0.3) is 10.9 Å². The number of nitrogens with zero attached hydrogens (tertiary/aromatic N) is 3. The molecule has 178 valence electrons. The summed E-state index contributed by atoms with van der Waals surface area (Å²) in [6.45, 7) is 2.11. The molecule has 8 nitrogen and oxygen atoms in total. The first kappa shape index (κ1) is 22.5. The van der Waals surface area contributed by atoms with Crippen LogP contribution in [0, 0.1) is 0 Å². The third-order valence-corrected chi connectivity index (χ3v) is 6.89. The number of fused-ring (bicyclic) bond motifs is 3. The van der Waals surface area contributed by atoms with E-state index in [1.807, 2.05) is 0 Å². The summed E-state index contributed by atoms with van der Waals surface area (Å²) in [6.07, 6.45) is -0.203. The number of carboxylic acids is 1. The van der Waals surface area contributed by atoms with Crippen LogP contribution in [0.15, 0.2) is 29.1 Å². The number of hydrogen-bond donors (Lipinski definition) is 2. The van der Waals surface area contributed by atoms with Crippen LogP contribution in [-0.4, -0.2) is 38.6 Å². The van der Waals surface area contributed by atoms with E-state index >= 15 is 0 Å². The standard InChI is InChI=1S/C23H21ClF2N4O4/c1-11(27-15-3-4-16(24)28-18(15)20(32)33)13-7-12(34-2)8-14-17(13)29-21-22(9-23(25,26)10-22)5-6-30(21)19(14)31/h3-4,7-8,11,27H,5-6,9-10H2,1-2H3,(H,32,33)/t11-/m1/s1. The molecule has 2 aliphatic rings. The predicted molar refractivity (Wildman–Crippen MR) is 121 cm³/mol. The summed E-state index contributed by atoms with van der Waals surface area (Å²) in [5.41, 5.74) is -0.202. The Morgan fingerprint density at radius 1 is 1.29 bits per heavy atom. The molecule has 0 amide bonds. The number of methoxy groups -OCH3 is 1. The zero-order valence-electron chi connectivity index (χ0n) is 18.4. The summed E-state index contributed by atoms with van der Waals surface area (Å²) in [5.74, 6) is -3.20. The third-order valence-electron chi connectivity index (χ3n) is 6.68. The molecule has 3 heterocycles. The van der Waals surface area contributed by atoms with Gasteiger partial charge in [0, 0.05) is 30.4 Å². The lowest BCUT2D eigenvalue weighted by atomic mass is 9.65. The highest BCUT2D eigenvalue weighted by atomic mass is 35.5. The number of ether oxygens (including phenoxy) is 1. The molecule has 2 N–H and O–H groups in total. The lowest BCUT2D eigenvalue weighted by molar-refractivity contribution is -0.127. The number of benzene rings is 1. The second kappa shape index (κ2) is 7.63. The first-order chi connectivity index (χ1) is 16.0. The fourth-order valence-corrected chi connectivity index (χ4v) is 5.27. The Morgan fingerprint density at radius 2 is 2.03 bits per heavy atom. The summed E-state index contributed by atoms with van der Waals surface area (Å²) >= 11 is 5.85. The van der Waals surface area contributed by atoms with Gasteiger partial charge in [-0.1, -0.05) is 11.6 Å². The monoisotopic (exact) mass is 490 g/mol. The van der Waals surface area contributed by atoms with E-state index in [9.17, 15) is 23.5 Å². The molecule has 1 spiro atoms. The average Bonchev–Trinajstić information content (AvgIpc) is 3.12. The molecule has 1 aliphatic carbocycles. The lowest BCUT2D eigenvalue weighted by Gasteiger charge is -2.43. The summed E-state index contributed by atoms with van der Waals surface area (Å²) < 4.78 is 34.5. The van der Waals surface area contributed by atoms with Gasteiger partial charge in [0.25, 0.3) is 5.56 Å². The number of halogens is 3. The van der Waals surface area contributed by atoms with Gasteiger partial charge in [0.15, 0.2) is 5.69 Å². The smallest absolute Gasteiger partial charge is 0.356 e. The lowest BCUT2D eigenvalue weighted by Crippen LogP contribution is -2.49. The molecule has 34 heavy (non-hydrogen) atoms. The van der Waals surface area contributed by atoms with Crippen LogP contribution in [0.4, 0.5) is 14.5 Å². The van der Waals surface area contributed by atoms with Crippen molar-refractivity contribution in [2.24, 2.45) is 0 Å². The molecule has 1 atom stereocenters. The Labute approximate surface area is 197 Å². The van der Waals surface area contributed by atoms with Crippen molar-refractivity contribution in [3.05, 3.63) is 56.9 Å². The number of carbonyl (C=O) groups is 1. The SMILES string of the molecule is COc1cc([C@@H](C)Nc2ccc(Cl)nc2C(=O)O)c2nc3n(c(=O)c2c1)CCC31CC(F)(F)C1. The highest BCUT2D eigenvalue weighted by Gasteiger charge is 2.61. The van der Waals surface area contributed by atoms with Crippen molar-refractivity contribution in [3.63, 3.8) is 0 Å². The molecule has 0 unspecified atom stereocenters. The van der Waals surface area contributed by atoms with Crippen LogP contribution in [0.1, 0.15) is 54.1 Å². The minimum atomic E-state index is -2.76. The maximum atomic E-state index is 13.8. The highest BCUT2D eigenvalue weighted by Crippen LogP contribution is 2.57. The van der Waals surface area contributed by atoms with Crippen molar-refractivity contribution < 1.29 is 23.4 Å². The van der Waals surface area contributed by atoms with Crippen LogP contribution in [0.2, 0.25) is 5.15 Å². The zero-order chi connectivity index (χ0) is 24.4. The summed E-state index contributed by atoms with van der Waals surface area (Å²) in [6, 6.07) is 5.72. The van der Waals surface area contributed by atoms with Gasteiger partial charge < -0.3 is 15.2 Å². The second-order valence-electron chi connectivity index (χ2n) is 8.95. The largest absolute Gasteiger partial charge is 0.497 e. The molecule has 5 rings (SSSR count). The predicted octanol–water partition coefficient (Wildman–Crippen LogP) is 4.40. The van der Waals surface area contributed by atoms with Gasteiger partial charge in [0.1, 0.15) is 16.7 Å². The Kier molecular flexibility index (Phi) is 5.05. The Balaban J connectivity index is 1.64. The van der Waals surface area contributed by atoms with E-state index in [2.05, 4.69) is 10.3 Å². The van der Waals surface area contributed by atoms with Crippen molar-refractivity contribution >= 4 is 34.2 Å². The number of anilines is 1. The molecule has 1 aliphatic heterocycles. The van der Waals surface area contributed by atoms with E-state index in [0.29, 0.717) is 41.0 Å². The fourth-order valence-electron chi connectivity index (χ4n) is 5.12. The number of alkyl halides is 2. The summed E-state index contributed by atoms with van der Waals surface area (Å²) in [7, 11) is 1.47. The van der Waals surface area contributed by atoms with Crippen LogP contribution >= 0.6 is 11.6 Å². The third kappa shape index (κ3) is 3.48. The quantitative estimate of drug-likeness (QED) is 0.511. The molecular formula is C23H21ClF2N4O4. The molecule has 0 saturated heterocycles. The van der Waals surface area contributed by atoms with Gasteiger partial charge in [0.05, 0.1) is 29.7 Å². The van der Waals surface area contributed by atoms with Gasteiger partial charge in [-0.3, -0.25) is 9.36 Å². The summed E-state index contributed by atoms with van der Waals surface area (Å²) in [5, 5.41) is 13.0. The molecule has 3 aromatic rings. The van der Waals surface area contributed by atoms with Crippen molar-refractivity contribution in [1.29, 1.82) is 0 Å². The molecular weight excluding hydrogens is 470 g/mol. The molecule has 1 aromatic carbocycles. The van der Waals surface area contributed by atoms with Crippen LogP contribution in [0.5, 0.6) is 5.75 Å². The number of pyridine rings is 1. The normalized spacial score (nSPS) is 18.4. The Hall–Kier alpha value is -3.27. The Bertz CT molecular complexity index is 1400. The molecule has 0 bridgehead atoms. The Morgan fingerprint density at radius 3 is 2.68 bits per heavy atom. The van der Waals surface area contributed by atoms with Crippen molar-refractivity contribution in [2.75, 3.05) is 12.4 Å². The summed E-state index contributed by atoms with van der Waals surface area (Å²) in [4.78, 5) is 33.6. The number of aromatic carboxylic acids is 1. The number of rotatable bonds is 5. The minimum Gasteiger partial charge on any atom is -0.497 e. The molecule has 1 saturated carbocycles. The van der Waals surface area contributed by atoms with E-state index < -0.39 is 23.3 Å². The van der Waals surface area contributed by atoms with Crippen molar-refractivity contribution in [2.45, 2.75) is 50.1 Å². The van der Waals surface area contributed by atoms with E-state index in [4.69, 9.17) is 21.3 Å². The first-order valence-electron chi connectivity index (χ1n) is 10.7. The first-order valence-corrected chi connectivity index (χ1v) is 11.1. The maximum Gasteiger partial charge on any atom is 0.356 e. The van der Waals surface area contributed by atoms with E-state index in [1.165, 1.54) is 23.8 Å². The van der Waals surface area contributed by atoms with Crippen molar-refractivity contribution in [1.82, 2.24) is 14.5 Å². The van der Waals surface area contributed by atoms with E-state index in [-0.39, 0.29) is 34.9 Å². The molecule has 11 heteroatoms. The molecule has 0 radical (unpaired) electrons. The molecule has 2 aromatic heterocycles. The van der Waals surface area contributed by atoms with Gasteiger partial charge in [-0.15, -0.1) is 0 Å². The van der Waals surface area contributed by atoms with Crippen LogP contribution < -0.4 is 15.6 Å². The number of hydrogen-bond acceptors (Lipinski definition) is 6. The second-order valence-corrected chi connectivity index (χ2v) is 9.33. The topological polar surface area (TPSA) is 106 Å².